The molecule has 0 aliphatic heterocycles. The van der Waals surface area contributed by atoms with Gasteiger partial charge in [0, 0.05) is 20.2 Å². The van der Waals surface area contributed by atoms with Crippen molar-refractivity contribution in [2.75, 3.05) is 38.9 Å². The molecule has 0 aliphatic carbocycles. The Morgan fingerprint density at radius 1 is 1.18 bits per heavy atom. The fourth-order valence-electron chi connectivity index (χ4n) is 2.12. The fraction of sp³-hybridized carbons (Fsp3) is 0.500. The molecule has 0 saturated carbocycles. The van der Waals surface area contributed by atoms with Crippen molar-refractivity contribution < 1.29 is 22.7 Å². The molecule has 1 amide bonds. The minimum absolute atomic E-state index is 0.257. The summed E-state index contributed by atoms with van der Waals surface area (Å²) in [5, 5.41) is 0. The molecule has 1 aromatic carbocycles. The van der Waals surface area contributed by atoms with E-state index in [2.05, 4.69) is 0 Å². The number of anilines is 1. The van der Waals surface area contributed by atoms with Gasteiger partial charge in [-0.05, 0) is 19.1 Å². The molecule has 1 aromatic rings. The normalized spacial score (nSPS) is 12.5. The van der Waals surface area contributed by atoms with Gasteiger partial charge >= 0.3 is 0 Å². The number of hydrogen-bond acceptors (Lipinski definition) is 5. The second-order valence-corrected chi connectivity index (χ2v) is 6.86. The number of carbonyl (C=O) groups is 1. The number of methoxy groups -OCH3 is 2. The zero-order chi connectivity index (χ0) is 17.1. The molecule has 0 aromatic heterocycles. The molecule has 0 fully saturated rings. The predicted octanol–water partition coefficient (Wildman–Crippen LogP) is 0.947. The van der Waals surface area contributed by atoms with Gasteiger partial charge in [0.25, 0.3) is 0 Å². The van der Waals surface area contributed by atoms with Crippen LogP contribution in [-0.2, 0) is 14.8 Å². The molecule has 0 aliphatic rings. The summed E-state index contributed by atoms with van der Waals surface area (Å²) in [6.45, 7) is 1.53. The van der Waals surface area contributed by atoms with Crippen molar-refractivity contribution in [2.24, 2.45) is 0 Å². The maximum absolute atomic E-state index is 12.2. The van der Waals surface area contributed by atoms with Crippen LogP contribution in [0.3, 0.4) is 0 Å². The Morgan fingerprint density at radius 2 is 1.77 bits per heavy atom. The van der Waals surface area contributed by atoms with Crippen molar-refractivity contribution in [2.45, 2.75) is 13.0 Å². The fourth-order valence-corrected chi connectivity index (χ4v) is 3.28. The number of sulfonamides is 1. The van der Waals surface area contributed by atoms with Crippen molar-refractivity contribution in [1.29, 1.82) is 0 Å². The highest BCUT2D eigenvalue weighted by atomic mass is 32.2. The minimum Gasteiger partial charge on any atom is -0.497 e. The van der Waals surface area contributed by atoms with E-state index in [1.54, 1.807) is 26.2 Å². The second-order valence-electron chi connectivity index (χ2n) is 5.01. The van der Waals surface area contributed by atoms with E-state index in [1.807, 2.05) is 0 Å². The lowest BCUT2D eigenvalue weighted by molar-refractivity contribution is -0.129. The highest BCUT2D eigenvalue weighted by Gasteiger charge is 2.32. The van der Waals surface area contributed by atoms with Crippen LogP contribution >= 0.6 is 0 Å². The first-order chi connectivity index (χ1) is 10.1. The minimum atomic E-state index is -3.70. The lowest BCUT2D eigenvalue weighted by Gasteiger charge is -2.31. The van der Waals surface area contributed by atoms with E-state index >= 15 is 0 Å². The zero-order valence-corrected chi connectivity index (χ0v) is 14.5. The van der Waals surface area contributed by atoms with Crippen LogP contribution in [0.5, 0.6) is 11.5 Å². The Bertz CT molecular complexity index is 643. The highest BCUT2D eigenvalue weighted by molar-refractivity contribution is 7.92. The Hall–Kier alpha value is -1.96. The van der Waals surface area contributed by atoms with Crippen molar-refractivity contribution in [1.82, 2.24) is 4.90 Å². The van der Waals surface area contributed by atoms with E-state index in [0.717, 1.165) is 10.6 Å². The Kier molecular flexibility index (Phi) is 5.65. The summed E-state index contributed by atoms with van der Waals surface area (Å²) in [6.07, 6.45) is 1.05. The summed E-state index contributed by atoms with van der Waals surface area (Å²) in [5.41, 5.74) is 0.257. The van der Waals surface area contributed by atoms with Crippen LogP contribution < -0.4 is 13.8 Å². The average molecular weight is 330 g/mol. The van der Waals surface area contributed by atoms with Crippen molar-refractivity contribution in [3.63, 3.8) is 0 Å². The largest absolute Gasteiger partial charge is 0.497 e. The van der Waals surface area contributed by atoms with Crippen LogP contribution in [0.25, 0.3) is 0 Å². The average Bonchev–Trinajstić information content (AvgIpc) is 2.44. The molecule has 0 N–H and O–H groups in total. The first-order valence-electron chi connectivity index (χ1n) is 6.56. The molecular formula is C14H22N2O5S. The van der Waals surface area contributed by atoms with Gasteiger partial charge in [0.05, 0.1) is 26.2 Å². The van der Waals surface area contributed by atoms with Gasteiger partial charge in [-0.3, -0.25) is 9.10 Å². The van der Waals surface area contributed by atoms with Crippen LogP contribution in [-0.4, -0.2) is 59.8 Å². The van der Waals surface area contributed by atoms with Crippen LogP contribution in [0.2, 0.25) is 0 Å². The number of benzene rings is 1. The summed E-state index contributed by atoms with van der Waals surface area (Å²) in [4.78, 5) is 13.5. The van der Waals surface area contributed by atoms with E-state index < -0.39 is 16.1 Å². The number of amides is 1. The third-order valence-electron chi connectivity index (χ3n) is 3.13. The number of nitrogens with zero attached hydrogens (tertiary/aromatic N) is 2. The zero-order valence-electron chi connectivity index (χ0n) is 13.7. The molecular weight excluding hydrogens is 308 g/mol. The van der Waals surface area contributed by atoms with Gasteiger partial charge in [-0.2, -0.15) is 0 Å². The van der Waals surface area contributed by atoms with Crippen molar-refractivity contribution in [3.8, 4) is 11.5 Å². The smallest absolute Gasteiger partial charge is 0.245 e. The molecule has 0 spiro atoms. The van der Waals surface area contributed by atoms with Gasteiger partial charge in [-0.15, -0.1) is 0 Å². The second kappa shape index (κ2) is 6.87. The van der Waals surface area contributed by atoms with Gasteiger partial charge in [0.15, 0.2) is 0 Å². The Morgan fingerprint density at radius 3 is 2.18 bits per heavy atom. The molecule has 0 radical (unpaired) electrons. The first-order valence-corrected chi connectivity index (χ1v) is 8.41. The Balaban J connectivity index is 3.50. The summed E-state index contributed by atoms with van der Waals surface area (Å²) < 4.78 is 35.8. The van der Waals surface area contributed by atoms with E-state index in [9.17, 15) is 13.2 Å². The van der Waals surface area contributed by atoms with E-state index in [0.29, 0.717) is 11.5 Å². The van der Waals surface area contributed by atoms with Gasteiger partial charge in [-0.1, -0.05) is 0 Å². The van der Waals surface area contributed by atoms with Crippen LogP contribution in [0.4, 0.5) is 5.69 Å². The molecule has 0 bridgehead atoms. The summed E-state index contributed by atoms with van der Waals surface area (Å²) >= 11 is 0. The highest BCUT2D eigenvalue weighted by Crippen LogP contribution is 2.35. The lowest BCUT2D eigenvalue weighted by Crippen LogP contribution is -2.47. The lowest BCUT2D eigenvalue weighted by atomic mass is 10.2. The Labute approximate surface area is 131 Å². The third kappa shape index (κ3) is 3.82. The molecule has 1 rings (SSSR count). The standard InChI is InChI=1S/C14H22N2O5S/c1-10(14(17)15(2)3)16(22(6,18)19)12-9-11(20-4)7-8-13(12)21-5/h7-10H,1-6H3. The molecule has 1 atom stereocenters. The molecule has 1 unspecified atom stereocenters. The predicted molar refractivity (Wildman–Crippen MR) is 85.0 cm³/mol. The van der Waals surface area contributed by atoms with Gasteiger partial charge in [0.2, 0.25) is 15.9 Å². The molecule has 0 heterocycles. The number of hydrogen-bond donors (Lipinski definition) is 0. The van der Waals surface area contributed by atoms with Gasteiger partial charge in [0.1, 0.15) is 17.5 Å². The quantitative estimate of drug-likeness (QED) is 0.776. The van der Waals surface area contributed by atoms with Crippen LogP contribution in [0.15, 0.2) is 18.2 Å². The molecule has 7 nitrogen and oxygen atoms in total. The summed E-state index contributed by atoms with van der Waals surface area (Å²) in [5.74, 6) is 0.467. The van der Waals surface area contributed by atoms with Crippen molar-refractivity contribution in [3.05, 3.63) is 18.2 Å². The molecule has 0 saturated heterocycles. The maximum Gasteiger partial charge on any atom is 0.245 e. The van der Waals surface area contributed by atoms with Crippen LogP contribution in [0, 0.1) is 0 Å². The third-order valence-corrected chi connectivity index (χ3v) is 4.36. The monoisotopic (exact) mass is 330 g/mol. The van der Waals surface area contributed by atoms with E-state index in [-0.39, 0.29) is 11.6 Å². The maximum atomic E-state index is 12.2. The number of likely N-dealkylation sites (N-methyl/N-ethyl adjacent to an activating group) is 1. The topological polar surface area (TPSA) is 76.2 Å². The first kappa shape index (κ1) is 18.1. The summed E-state index contributed by atoms with van der Waals surface area (Å²) in [7, 11) is 2.35. The van der Waals surface area contributed by atoms with Gasteiger partial charge in [-0.25, -0.2) is 8.42 Å². The summed E-state index contributed by atoms with van der Waals surface area (Å²) in [6, 6.07) is 3.87. The van der Waals surface area contributed by atoms with Gasteiger partial charge < -0.3 is 14.4 Å². The molecule has 8 heteroatoms. The van der Waals surface area contributed by atoms with Crippen molar-refractivity contribution >= 4 is 21.6 Å². The van der Waals surface area contributed by atoms with E-state index in [1.165, 1.54) is 32.1 Å². The van der Waals surface area contributed by atoms with Crippen LogP contribution in [0.1, 0.15) is 6.92 Å². The van der Waals surface area contributed by atoms with E-state index in [4.69, 9.17) is 9.47 Å². The SMILES string of the molecule is COc1ccc(OC)c(N(C(C)C(=O)N(C)C)S(C)(=O)=O)c1. The number of ether oxygens (including phenoxy) is 2. The number of rotatable bonds is 6. The molecule has 22 heavy (non-hydrogen) atoms. The number of carbonyl (C=O) groups excluding carboxylic acids is 1. The molecule has 124 valence electrons.